The predicted molar refractivity (Wildman–Crippen MR) is 600 cm³/mol. The molecule has 0 aliphatic heterocycles. The molecule has 0 amide bonds. The Morgan fingerprint density at radius 3 is 0.652 bits per heavy atom. The van der Waals surface area contributed by atoms with Crippen LogP contribution in [0.25, 0.3) is 295 Å². The second-order valence-corrected chi connectivity index (χ2v) is 37.4. The summed E-state index contributed by atoms with van der Waals surface area (Å²) in [5.41, 5.74) is 27.7. The van der Waals surface area contributed by atoms with Crippen LogP contribution in [0, 0.1) is 0 Å². The van der Waals surface area contributed by atoms with E-state index in [0.29, 0.717) is 0 Å². The summed E-state index contributed by atoms with van der Waals surface area (Å²) in [6.45, 7) is 0. The maximum Gasteiger partial charge on any atom is 0.136 e. The average Bonchev–Trinajstić information content (AvgIpc) is 1.71. The van der Waals surface area contributed by atoms with Crippen LogP contribution in [-0.4, -0.2) is 0 Å². The van der Waals surface area contributed by atoms with Crippen molar-refractivity contribution in [2.75, 3.05) is 0 Å². The molecule has 3 heterocycles. The van der Waals surface area contributed by atoms with E-state index in [1.165, 1.54) is 229 Å². The quantitative estimate of drug-likeness (QED) is 0.135. The van der Waals surface area contributed by atoms with Gasteiger partial charge in [-0.25, -0.2) is 0 Å². The van der Waals surface area contributed by atoms with Gasteiger partial charge in [0.15, 0.2) is 0 Å². The van der Waals surface area contributed by atoms with Gasteiger partial charge >= 0.3 is 0 Å². The molecule has 0 radical (unpaired) electrons. The van der Waals surface area contributed by atoms with Crippen LogP contribution < -0.4 is 0 Å². The average molecular weight is 1790 g/mol. The third-order valence-electron chi connectivity index (χ3n) is 29.4. The highest BCUT2D eigenvalue weighted by molar-refractivity contribution is 6.27. The van der Waals surface area contributed by atoms with E-state index in [9.17, 15) is 0 Å². The van der Waals surface area contributed by atoms with Crippen LogP contribution in [0.2, 0.25) is 0 Å². The third kappa shape index (κ3) is 13.8. The highest BCUT2D eigenvalue weighted by atomic mass is 16.3. The van der Waals surface area contributed by atoms with E-state index in [-0.39, 0.29) is 0 Å². The van der Waals surface area contributed by atoms with Crippen molar-refractivity contribution in [1.29, 1.82) is 0 Å². The molecule has 0 spiro atoms. The van der Waals surface area contributed by atoms with Gasteiger partial charge in [0.25, 0.3) is 0 Å². The molecule has 0 saturated heterocycles. The summed E-state index contributed by atoms with van der Waals surface area (Å²) in [5, 5.41) is 36.7. The zero-order chi connectivity index (χ0) is 92.7. The zero-order valence-corrected chi connectivity index (χ0v) is 76.7. The molecular formula is C138H84O3. The van der Waals surface area contributed by atoms with Gasteiger partial charge < -0.3 is 13.3 Å². The Morgan fingerprint density at radius 2 is 0.305 bits per heavy atom. The van der Waals surface area contributed by atoms with Crippen LogP contribution >= 0.6 is 0 Å². The van der Waals surface area contributed by atoms with Gasteiger partial charge in [-0.1, -0.05) is 413 Å². The summed E-state index contributed by atoms with van der Waals surface area (Å²) < 4.78 is 19.1. The van der Waals surface area contributed by atoms with E-state index in [2.05, 4.69) is 510 Å². The molecule has 0 bridgehead atoms. The fourth-order valence-corrected chi connectivity index (χ4v) is 22.8. The van der Waals surface area contributed by atoms with Crippen LogP contribution in [0.4, 0.5) is 0 Å². The summed E-state index contributed by atoms with van der Waals surface area (Å²) in [6.07, 6.45) is 0. The van der Waals surface area contributed by atoms with Crippen LogP contribution in [0.1, 0.15) is 0 Å². The number of benzene rings is 27. The van der Waals surface area contributed by atoms with Crippen LogP contribution in [0.5, 0.6) is 0 Å². The van der Waals surface area contributed by atoms with Gasteiger partial charge in [-0.2, -0.15) is 0 Å². The maximum absolute atomic E-state index is 6.38. The highest BCUT2D eigenvalue weighted by Gasteiger charge is 2.25. The molecule has 3 heteroatoms. The van der Waals surface area contributed by atoms with E-state index in [0.717, 1.165) is 65.8 Å². The lowest BCUT2D eigenvalue weighted by Gasteiger charge is -2.18. The van der Waals surface area contributed by atoms with Crippen LogP contribution in [-0.2, 0) is 0 Å². The Hall–Kier alpha value is -18.5. The van der Waals surface area contributed by atoms with E-state index in [1.54, 1.807) is 0 Å². The number of hydrogen-bond acceptors (Lipinski definition) is 3. The molecule has 3 nitrogen and oxygen atoms in total. The Morgan fingerprint density at radius 1 is 0.0922 bits per heavy atom. The first-order valence-corrected chi connectivity index (χ1v) is 48.5. The third-order valence-corrected chi connectivity index (χ3v) is 29.4. The second-order valence-electron chi connectivity index (χ2n) is 37.4. The molecular weight excluding hydrogens is 1710 g/mol. The first kappa shape index (κ1) is 80.9. The highest BCUT2D eigenvalue weighted by Crippen LogP contribution is 2.52. The largest absolute Gasteiger partial charge is 0.456 e. The summed E-state index contributed by atoms with van der Waals surface area (Å²) >= 11 is 0. The van der Waals surface area contributed by atoms with Crippen molar-refractivity contribution in [2.45, 2.75) is 0 Å². The molecule has 0 unspecified atom stereocenters. The molecule has 30 aromatic rings. The van der Waals surface area contributed by atoms with Crippen LogP contribution in [0.3, 0.4) is 0 Å². The Kier molecular flexibility index (Phi) is 19.0. The van der Waals surface area contributed by atoms with Gasteiger partial charge in [0, 0.05) is 32.3 Å². The minimum absolute atomic E-state index is 0.912. The Labute approximate surface area is 812 Å². The first-order valence-electron chi connectivity index (χ1n) is 48.5. The van der Waals surface area contributed by atoms with Crippen molar-refractivity contribution in [1.82, 2.24) is 0 Å². The number of rotatable bonds is 9. The monoisotopic (exact) mass is 1790 g/mol. The summed E-state index contributed by atoms with van der Waals surface area (Å²) in [7, 11) is 0. The molecule has 0 saturated carbocycles. The predicted octanol–water partition coefficient (Wildman–Crippen LogP) is 39.6. The Bertz CT molecular complexity index is 10200. The molecule has 0 aliphatic rings. The fourth-order valence-electron chi connectivity index (χ4n) is 22.8. The zero-order valence-electron chi connectivity index (χ0n) is 76.7. The summed E-state index contributed by atoms with van der Waals surface area (Å²) in [6, 6.07) is 185. The van der Waals surface area contributed by atoms with E-state index < -0.39 is 0 Å². The lowest BCUT2D eigenvalue weighted by Crippen LogP contribution is -1.91. The molecule has 141 heavy (non-hydrogen) atoms. The van der Waals surface area contributed by atoms with Gasteiger partial charge in [-0.15, -0.1) is 0 Å². The molecule has 30 rings (SSSR count). The molecule has 3 aromatic heterocycles. The van der Waals surface area contributed by atoms with Crippen molar-refractivity contribution >= 4 is 195 Å². The van der Waals surface area contributed by atoms with E-state index in [1.807, 2.05) is 0 Å². The standard InChI is InChI=1S/3C46H28O/c1-2-13-31-28-44-42(26-30(31)12-1)41-27-34(23-24-43(41)47-44)46-39-20-7-5-18-37(39)45(38-19-6-8-21-40(38)46)33-16-9-15-32(25-33)36-22-10-14-29-11-3-4-17-35(29)36;1-2-11-30-24-34(21-20-29(30)10-1)31-14-9-15-35(25-31)45-37-16-5-7-18-39(37)46(40-19-8-6-17-38(40)45)36-22-23-43-41(27-36)42-26-32-12-3-4-13-33(32)28-44(42)47-43;1-2-10-32-25-35(22-19-29(32)9-1)30-17-20-31(21-18-30)45-37-13-5-7-15-39(37)46(40-16-8-6-14-38(40)45)36-23-24-43-41(27-36)42-26-33-11-3-4-12-34(33)28-44(42)47-43/h3*1-28H. The van der Waals surface area contributed by atoms with Gasteiger partial charge in [-0.3, -0.25) is 0 Å². The molecule has 0 aliphatic carbocycles. The van der Waals surface area contributed by atoms with Gasteiger partial charge in [0.2, 0.25) is 0 Å². The van der Waals surface area contributed by atoms with E-state index in [4.69, 9.17) is 13.3 Å². The topological polar surface area (TPSA) is 39.4 Å². The minimum atomic E-state index is 0.912. The minimum Gasteiger partial charge on any atom is -0.456 e. The second kappa shape index (κ2) is 33.2. The fraction of sp³-hybridized carbons (Fsp3) is 0. The van der Waals surface area contributed by atoms with Crippen molar-refractivity contribution in [3.05, 3.63) is 510 Å². The SMILES string of the molecule is c1cc(-c2ccc3ccccc3c2)cc(-c2c3ccccc3c(-c3ccc4oc5cc6ccccc6cc5c4c3)c3ccccc23)c1.c1cc(-c2cccc3ccccc23)cc(-c2c3ccccc3c(-c3ccc4oc5cc6ccccc6cc5c4c3)c3ccccc23)c1.c1ccc2cc(-c3ccc(-c4c5ccccc5c(-c5ccc6oc7cc8ccccc8cc7c6c5)c5ccccc45)cc3)ccc2c1. The van der Waals surface area contributed by atoms with Crippen molar-refractivity contribution in [3.8, 4) is 100 Å². The maximum atomic E-state index is 6.38. The smallest absolute Gasteiger partial charge is 0.136 e. The first-order chi connectivity index (χ1) is 69.9. The normalized spacial score (nSPS) is 11.8. The number of fused-ring (bicyclic) bond motifs is 21. The molecule has 0 N–H and O–H groups in total. The van der Waals surface area contributed by atoms with E-state index >= 15 is 0 Å². The van der Waals surface area contributed by atoms with Crippen molar-refractivity contribution in [3.63, 3.8) is 0 Å². The van der Waals surface area contributed by atoms with Crippen LogP contribution in [0.15, 0.2) is 523 Å². The number of furan rings is 3. The molecule has 0 fully saturated rings. The van der Waals surface area contributed by atoms with Gasteiger partial charge in [0.05, 0.1) is 0 Å². The lowest BCUT2D eigenvalue weighted by molar-refractivity contribution is 0.669. The van der Waals surface area contributed by atoms with Gasteiger partial charge in [-0.05, 0) is 326 Å². The Balaban J connectivity index is 0.000000104. The summed E-state index contributed by atoms with van der Waals surface area (Å²) in [5.74, 6) is 0. The van der Waals surface area contributed by atoms with Crippen molar-refractivity contribution < 1.29 is 13.3 Å². The molecule has 654 valence electrons. The lowest BCUT2D eigenvalue weighted by atomic mass is 9.85. The van der Waals surface area contributed by atoms with Crippen molar-refractivity contribution in [2.24, 2.45) is 0 Å². The summed E-state index contributed by atoms with van der Waals surface area (Å²) in [4.78, 5) is 0. The molecule has 0 atom stereocenters. The van der Waals surface area contributed by atoms with Gasteiger partial charge in [0.1, 0.15) is 33.5 Å². The molecule has 27 aromatic carbocycles. The number of hydrogen-bond donors (Lipinski definition) is 0.